The second kappa shape index (κ2) is 8.57. The van der Waals surface area contributed by atoms with Gasteiger partial charge in [0.15, 0.2) is 0 Å². The van der Waals surface area contributed by atoms with E-state index >= 15 is 0 Å². The number of amides is 1. The molecule has 0 spiro atoms. The summed E-state index contributed by atoms with van der Waals surface area (Å²) in [5.74, 6) is 1.57. The topological polar surface area (TPSA) is 38.8 Å². The van der Waals surface area contributed by atoms with Crippen molar-refractivity contribution in [3.63, 3.8) is 0 Å². The molecule has 0 heterocycles. The van der Waals surface area contributed by atoms with Crippen LogP contribution in [0, 0.1) is 5.92 Å². The van der Waals surface area contributed by atoms with Crippen LogP contribution in [-0.2, 0) is 16.2 Å². The minimum Gasteiger partial charge on any atom is -0.488 e. The first-order valence-electron chi connectivity index (χ1n) is 9.64. The fourth-order valence-electron chi connectivity index (χ4n) is 3.52. The molecule has 0 N–H and O–H groups in total. The van der Waals surface area contributed by atoms with Crippen molar-refractivity contribution >= 4 is 5.91 Å². The second-order valence-electron chi connectivity index (χ2n) is 7.41. The van der Waals surface area contributed by atoms with Gasteiger partial charge < -0.3 is 4.74 Å². The number of benzene rings is 2. The molecule has 2 aromatic rings. The van der Waals surface area contributed by atoms with Crippen LogP contribution in [0.25, 0.3) is 0 Å². The molecule has 2 atom stereocenters. The Balaban J connectivity index is 1.93. The third-order valence-electron chi connectivity index (χ3n) is 5.54. The number of hydrogen-bond donors (Lipinski definition) is 0. The summed E-state index contributed by atoms with van der Waals surface area (Å²) < 4.78 is 6.33. The zero-order chi connectivity index (χ0) is 19.4. The van der Waals surface area contributed by atoms with Crippen LogP contribution in [0.4, 0.5) is 0 Å². The molecule has 2 unspecified atom stereocenters. The van der Waals surface area contributed by atoms with E-state index in [4.69, 9.17) is 9.57 Å². The van der Waals surface area contributed by atoms with Gasteiger partial charge in [-0.05, 0) is 42.7 Å². The molecule has 0 aliphatic heterocycles. The molecule has 0 saturated heterocycles. The molecule has 1 amide bonds. The Hall–Kier alpha value is -2.33. The SMILES string of the molecule is CON(C)C(=O)C(C)c1cccc(C(C)C2CC2)c1OCc1ccccc1. The maximum Gasteiger partial charge on any atom is 0.253 e. The Morgan fingerprint density at radius 3 is 2.37 bits per heavy atom. The zero-order valence-electron chi connectivity index (χ0n) is 16.6. The van der Waals surface area contributed by atoms with Gasteiger partial charge in [0.25, 0.3) is 5.91 Å². The van der Waals surface area contributed by atoms with E-state index in [1.165, 1.54) is 30.6 Å². The lowest BCUT2D eigenvalue weighted by molar-refractivity contribution is -0.170. The maximum absolute atomic E-state index is 12.7. The van der Waals surface area contributed by atoms with Crippen molar-refractivity contribution in [3.05, 3.63) is 65.2 Å². The van der Waals surface area contributed by atoms with E-state index in [0.29, 0.717) is 18.4 Å². The van der Waals surface area contributed by atoms with Gasteiger partial charge in [0.2, 0.25) is 0 Å². The van der Waals surface area contributed by atoms with Gasteiger partial charge in [-0.2, -0.15) is 0 Å². The number of hydrogen-bond acceptors (Lipinski definition) is 3. The highest BCUT2D eigenvalue weighted by Gasteiger charge is 2.32. The molecule has 1 aliphatic carbocycles. The molecule has 3 rings (SSSR count). The van der Waals surface area contributed by atoms with E-state index in [1.807, 2.05) is 37.3 Å². The number of likely N-dealkylation sites (N-methyl/N-ethyl adjacent to an activating group) is 1. The third kappa shape index (κ3) is 4.51. The van der Waals surface area contributed by atoms with Crippen molar-refractivity contribution < 1.29 is 14.4 Å². The number of rotatable bonds is 8. The molecule has 1 fully saturated rings. The van der Waals surface area contributed by atoms with Crippen LogP contribution in [0.1, 0.15) is 55.2 Å². The highest BCUT2D eigenvalue weighted by atomic mass is 16.7. The number of carbonyl (C=O) groups is 1. The minimum absolute atomic E-state index is 0.0849. The van der Waals surface area contributed by atoms with Crippen molar-refractivity contribution in [2.45, 2.75) is 45.1 Å². The van der Waals surface area contributed by atoms with Crippen molar-refractivity contribution in [2.24, 2.45) is 5.92 Å². The number of ether oxygens (including phenoxy) is 1. The molecule has 0 bridgehead atoms. The van der Waals surface area contributed by atoms with Gasteiger partial charge in [-0.15, -0.1) is 0 Å². The van der Waals surface area contributed by atoms with E-state index in [1.54, 1.807) is 7.05 Å². The summed E-state index contributed by atoms with van der Waals surface area (Å²) >= 11 is 0. The smallest absolute Gasteiger partial charge is 0.253 e. The second-order valence-corrected chi connectivity index (χ2v) is 7.41. The maximum atomic E-state index is 12.7. The average molecular weight is 367 g/mol. The van der Waals surface area contributed by atoms with Crippen LogP contribution < -0.4 is 4.74 Å². The van der Waals surface area contributed by atoms with Crippen LogP contribution >= 0.6 is 0 Å². The third-order valence-corrected chi connectivity index (χ3v) is 5.54. The summed E-state index contributed by atoms with van der Waals surface area (Å²) in [5, 5.41) is 1.28. The van der Waals surface area contributed by atoms with Crippen LogP contribution in [-0.4, -0.2) is 25.1 Å². The van der Waals surface area contributed by atoms with E-state index in [-0.39, 0.29) is 11.8 Å². The summed E-state index contributed by atoms with van der Waals surface area (Å²) in [7, 11) is 3.14. The van der Waals surface area contributed by atoms with Gasteiger partial charge in [-0.3, -0.25) is 9.63 Å². The largest absolute Gasteiger partial charge is 0.488 e. The fraction of sp³-hybridized carbons (Fsp3) is 0.435. The standard InChI is InChI=1S/C23H29NO3/c1-16(19-13-14-19)20-11-8-12-21(17(2)23(25)24(3)26-4)22(20)27-15-18-9-6-5-7-10-18/h5-12,16-17,19H,13-15H2,1-4H3. The van der Waals surface area contributed by atoms with Gasteiger partial charge in [-0.25, -0.2) is 5.06 Å². The van der Waals surface area contributed by atoms with Gasteiger partial charge in [0, 0.05) is 12.6 Å². The molecule has 2 aromatic carbocycles. The Morgan fingerprint density at radius 1 is 1.07 bits per heavy atom. The lowest BCUT2D eigenvalue weighted by Gasteiger charge is -2.24. The molecule has 144 valence electrons. The molecular weight excluding hydrogens is 338 g/mol. The van der Waals surface area contributed by atoms with Crippen molar-refractivity contribution in [3.8, 4) is 5.75 Å². The molecule has 0 aromatic heterocycles. The van der Waals surface area contributed by atoms with E-state index in [2.05, 4.69) is 25.1 Å². The highest BCUT2D eigenvalue weighted by molar-refractivity contribution is 5.83. The lowest BCUT2D eigenvalue weighted by atomic mass is 9.89. The van der Waals surface area contributed by atoms with Crippen molar-refractivity contribution in [1.82, 2.24) is 5.06 Å². The zero-order valence-corrected chi connectivity index (χ0v) is 16.6. The van der Waals surface area contributed by atoms with Gasteiger partial charge in [0.05, 0.1) is 13.0 Å². The predicted molar refractivity (Wildman–Crippen MR) is 107 cm³/mol. The monoisotopic (exact) mass is 367 g/mol. The van der Waals surface area contributed by atoms with Crippen LogP contribution in [0.2, 0.25) is 0 Å². The molecule has 4 nitrogen and oxygen atoms in total. The highest BCUT2D eigenvalue weighted by Crippen LogP contribution is 2.46. The van der Waals surface area contributed by atoms with E-state index in [0.717, 1.165) is 16.9 Å². The average Bonchev–Trinajstić information content (AvgIpc) is 3.56. The van der Waals surface area contributed by atoms with E-state index in [9.17, 15) is 4.79 Å². The molecule has 27 heavy (non-hydrogen) atoms. The Morgan fingerprint density at radius 2 is 1.74 bits per heavy atom. The van der Waals surface area contributed by atoms with Crippen molar-refractivity contribution in [2.75, 3.05) is 14.2 Å². The molecule has 0 radical (unpaired) electrons. The molecular formula is C23H29NO3. The summed E-state index contributed by atoms with van der Waals surface area (Å²) in [6, 6.07) is 16.3. The number of hydroxylamine groups is 2. The first-order chi connectivity index (χ1) is 13.0. The number of carbonyl (C=O) groups excluding carboxylic acids is 1. The predicted octanol–water partition coefficient (Wildman–Crippen LogP) is 4.90. The number of para-hydroxylation sites is 1. The first-order valence-corrected chi connectivity index (χ1v) is 9.64. The van der Waals surface area contributed by atoms with Gasteiger partial charge in [0.1, 0.15) is 12.4 Å². The summed E-state index contributed by atoms with van der Waals surface area (Å²) in [5.41, 5.74) is 3.24. The van der Waals surface area contributed by atoms with Crippen molar-refractivity contribution in [1.29, 1.82) is 0 Å². The van der Waals surface area contributed by atoms with Gasteiger partial charge in [-0.1, -0.05) is 55.5 Å². The number of nitrogens with zero attached hydrogens (tertiary/aromatic N) is 1. The molecule has 4 heteroatoms. The van der Waals surface area contributed by atoms with E-state index < -0.39 is 0 Å². The van der Waals surface area contributed by atoms with Gasteiger partial charge >= 0.3 is 0 Å². The van der Waals surface area contributed by atoms with Crippen LogP contribution in [0.15, 0.2) is 48.5 Å². The Kier molecular flexibility index (Phi) is 6.17. The Bertz CT molecular complexity index is 770. The summed E-state index contributed by atoms with van der Waals surface area (Å²) in [6.07, 6.45) is 2.54. The quantitative estimate of drug-likeness (QED) is 0.623. The normalized spacial score (nSPS) is 15.9. The fourth-order valence-corrected chi connectivity index (χ4v) is 3.52. The molecule has 1 saturated carbocycles. The first kappa shape index (κ1) is 19.4. The summed E-state index contributed by atoms with van der Waals surface area (Å²) in [4.78, 5) is 17.8. The van der Waals surface area contributed by atoms with Crippen LogP contribution in [0.3, 0.4) is 0 Å². The Labute approximate surface area is 162 Å². The lowest BCUT2D eigenvalue weighted by Crippen LogP contribution is -2.30. The minimum atomic E-state index is -0.341. The molecule has 1 aliphatic rings. The van der Waals surface area contributed by atoms with Crippen LogP contribution in [0.5, 0.6) is 5.75 Å². The summed E-state index contributed by atoms with van der Waals surface area (Å²) in [6.45, 7) is 4.66.